The Labute approximate surface area is 162 Å². The number of carbonyl (C=O) groups is 2. The zero-order valence-corrected chi connectivity index (χ0v) is 16.5. The van der Waals surface area contributed by atoms with Crippen LogP contribution >= 0.6 is 11.8 Å². The van der Waals surface area contributed by atoms with Crippen LogP contribution in [-0.2, 0) is 25.8 Å². The van der Waals surface area contributed by atoms with Crippen molar-refractivity contribution in [2.75, 3.05) is 22.1 Å². The van der Waals surface area contributed by atoms with E-state index < -0.39 is 9.84 Å². The standard InChI is InChI=1S/C19H20N2O4S2/c1-2-13-5-3-4-6-15(13)20-18(22)9-10-27(24,25)14-7-8-17-16(11-14)21-19(23)12-26-17/h3-8,11H,2,9-10,12H2,1H3,(H,20,22)(H,21,23). The number of benzene rings is 2. The van der Waals surface area contributed by atoms with E-state index in [0.717, 1.165) is 16.9 Å². The van der Waals surface area contributed by atoms with Gasteiger partial charge in [-0.25, -0.2) is 8.42 Å². The molecule has 0 radical (unpaired) electrons. The molecule has 2 aromatic carbocycles. The van der Waals surface area contributed by atoms with E-state index in [0.29, 0.717) is 17.1 Å². The number of anilines is 2. The first-order valence-electron chi connectivity index (χ1n) is 8.56. The van der Waals surface area contributed by atoms with Gasteiger partial charge in [-0.1, -0.05) is 25.1 Å². The second-order valence-electron chi connectivity index (χ2n) is 6.12. The normalized spacial score (nSPS) is 13.6. The van der Waals surface area contributed by atoms with Crippen molar-refractivity contribution in [1.29, 1.82) is 0 Å². The molecule has 0 spiro atoms. The highest BCUT2D eigenvalue weighted by Crippen LogP contribution is 2.33. The Hall–Kier alpha value is -2.32. The number of thioether (sulfide) groups is 1. The lowest BCUT2D eigenvalue weighted by molar-refractivity contribution is -0.116. The molecule has 0 aromatic heterocycles. The minimum Gasteiger partial charge on any atom is -0.326 e. The monoisotopic (exact) mass is 404 g/mol. The van der Waals surface area contributed by atoms with Crippen molar-refractivity contribution < 1.29 is 18.0 Å². The van der Waals surface area contributed by atoms with Gasteiger partial charge >= 0.3 is 0 Å². The van der Waals surface area contributed by atoms with Gasteiger partial charge in [0.25, 0.3) is 0 Å². The molecule has 142 valence electrons. The van der Waals surface area contributed by atoms with Crippen LogP contribution in [0.5, 0.6) is 0 Å². The molecule has 0 saturated carbocycles. The van der Waals surface area contributed by atoms with Crippen LogP contribution in [0.3, 0.4) is 0 Å². The summed E-state index contributed by atoms with van der Waals surface area (Å²) in [5, 5.41) is 5.46. The summed E-state index contributed by atoms with van der Waals surface area (Å²) < 4.78 is 25.2. The zero-order valence-electron chi connectivity index (χ0n) is 14.8. The molecule has 2 amide bonds. The molecule has 1 heterocycles. The van der Waals surface area contributed by atoms with Crippen LogP contribution in [0.2, 0.25) is 0 Å². The largest absolute Gasteiger partial charge is 0.326 e. The molecule has 6 nitrogen and oxygen atoms in total. The third-order valence-corrected chi connectivity index (χ3v) is 7.00. The van der Waals surface area contributed by atoms with Crippen LogP contribution in [0.4, 0.5) is 11.4 Å². The quantitative estimate of drug-likeness (QED) is 0.772. The summed E-state index contributed by atoms with van der Waals surface area (Å²) in [6.07, 6.45) is 0.631. The van der Waals surface area contributed by atoms with Crippen LogP contribution in [-0.4, -0.2) is 31.7 Å². The highest BCUT2D eigenvalue weighted by Gasteiger charge is 2.21. The molecule has 3 rings (SSSR count). The molecule has 2 aromatic rings. The average molecular weight is 405 g/mol. The minimum absolute atomic E-state index is 0.103. The van der Waals surface area contributed by atoms with E-state index in [-0.39, 0.29) is 28.9 Å². The predicted molar refractivity (Wildman–Crippen MR) is 107 cm³/mol. The molecule has 1 aliphatic rings. The van der Waals surface area contributed by atoms with Crippen LogP contribution in [0.15, 0.2) is 52.3 Å². The summed E-state index contributed by atoms with van der Waals surface area (Å²) in [5.74, 6) is -0.483. The maximum Gasteiger partial charge on any atom is 0.234 e. The smallest absolute Gasteiger partial charge is 0.234 e. The third kappa shape index (κ3) is 4.70. The maximum atomic E-state index is 12.6. The Bertz CT molecular complexity index is 987. The minimum atomic E-state index is -3.64. The maximum absolute atomic E-state index is 12.6. The number of hydrogen-bond donors (Lipinski definition) is 2. The third-order valence-electron chi connectivity index (χ3n) is 4.21. The number of carbonyl (C=O) groups excluding carboxylic acids is 2. The Morgan fingerprint density at radius 3 is 2.78 bits per heavy atom. The van der Waals surface area contributed by atoms with Crippen LogP contribution in [0.25, 0.3) is 0 Å². The first-order chi connectivity index (χ1) is 12.9. The second-order valence-corrected chi connectivity index (χ2v) is 9.25. The van der Waals surface area contributed by atoms with Crippen molar-refractivity contribution in [1.82, 2.24) is 0 Å². The van der Waals surface area contributed by atoms with Gasteiger partial charge in [0.15, 0.2) is 9.84 Å². The number of sulfone groups is 1. The first-order valence-corrected chi connectivity index (χ1v) is 11.2. The van der Waals surface area contributed by atoms with E-state index >= 15 is 0 Å². The molecule has 0 bridgehead atoms. The van der Waals surface area contributed by atoms with Crippen molar-refractivity contribution in [3.63, 3.8) is 0 Å². The Kier molecular flexibility index (Phi) is 5.86. The van der Waals surface area contributed by atoms with E-state index in [1.165, 1.54) is 23.9 Å². The van der Waals surface area contributed by atoms with Gasteiger partial charge in [0.2, 0.25) is 11.8 Å². The Morgan fingerprint density at radius 1 is 1.22 bits per heavy atom. The van der Waals surface area contributed by atoms with E-state index in [1.54, 1.807) is 12.1 Å². The average Bonchev–Trinajstić information content (AvgIpc) is 2.66. The van der Waals surface area contributed by atoms with E-state index in [9.17, 15) is 18.0 Å². The summed E-state index contributed by atoms with van der Waals surface area (Å²) >= 11 is 1.37. The highest BCUT2D eigenvalue weighted by molar-refractivity contribution is 8.00. The molecule has 0 atom stereocenters. The molecule has 8 heteroatoms. The Morgan fingerprint density at radius 2 is 2.00 bits per heavy atom. The van der Waals surface area contributed by atoms with Gasteiger partial charge in [-0.2, -0.15) is 0 Å². The predicted octanol–water partition coefficient (Wildman–Crippen LogP) is 3.10. The van der Waals surface area contributed by atoms with Gasteiger partial charge < -0.3 is 10.6 Å². The molecule has 1 aliphatic heterocycles. The van der Waals surface area contributed by atoms with Crippen LogP contribution < -0.4 is 10.6 Å². The van der Waals surface area contributed by atoms with Gasteiger partial charge in [0.05, 0.1) is 22.1 Å². The summed E-state index contributed by atoms with van der Waals surface area (Å²) in [6, 6.07) is 12.1. The SMILES string of the molecule is CCc1ccccc1NC(=O)CCS(=O)(=O)c1ccc2c(c1)NC(=O)CS2. The van der Waals surface area contributed by atoms with E-state index in [2.05, 4.69) is 10.6 Å². The highest BCUT2D eigenvalue weighted by atomic mass is 32.2. The summed E-state index contributed by atoms with van der Waals surface area (Å²) in [4.78, 5) is 24.6. The number of fused-ring (bicyclic) bond motifs is 1. The fraction of sp³-hybridized carbons (Fsp3) is 0.263. The number of aryl methyl sites for hydroxylation is 1. The molecular formula is C19H20N2O4S2. The lowest BCUT2D eigenvalue weighted by atomic mass is 10.1. The summed E-state index contributed by atoms with van der Waals surface area (Å²) in [7, 11) is -3.64. The number of para-hydroxylation sites is 1. The van der Waals surface area contributed by atoms with Crippen molar-refractivity contribution in [2.24, 2.45) is 0 Å². The molecule has 2 N–H and O–H groups in total. The topological polar surface area (TPSA) is 92.3 Å². The number of rotatable bonds is 6. The fourth-order valence-corrected chi connectivity index (χ4v) is 4.81. The van der Waals surface area contributed by atoms with Gasteiger partial charge in [-0.05, 0) is 36.2 Å². The van der Waals surface area contributed by atoms with Gasteiger partial charge in [0, 0.05) is 17.0 Å². The zero-order chi connectivity index (χ0) is 19.4. The van der Waals surface area contributed by atoms with Crippen LogP contribution in [0, 0.1) is 0 Å². The second kappa shape index (κ2) is 8.14. The summed E-state index contributed by atoms with van der Waals surface area (Å²) in [6.45, 7) is 1.99. The molecule has 27 heavy (non-hydrogen) atoms. The molecule has 0 aliphatic carbocycles. The van der Waals surface area contributed by atoms with Crippen molar-refractivity contribution >= 4 is 44.8 Å². The van der Waals surface area contributed by atoms with E-state index in [4.69, 9.17) is 0 Å². The molecule has 0 saturated heterocycles. The first kappa shape index (κ1) is 19.4. The summed E-state index contributed by atoms with van der Waals surface area (Å²) in [5.41, 5.74) is 2.20. The lowest BCUT2D eigenvalue weighted by Gasteiger charge is -2.17. The van der Waals surface area contributed by atoms with Gasteiger partial charge in [-0.3, -0.25) is 9.59 Å². The number of hydrogen-bond acceptors (Lipinski definition) is 5. The number of nitrogens with one attached hydrogen (secondary N) is 2. The van der Waals surface area contributed by atoms with Gasteiger partial charge in [-0.15, -0.1) is 11.8 Å². The molecule has 0 unspecified atom stereocenters. The van der Waals surface area contributed by atoms with Crippen molar-refractivity contribution in [3.05, 3.63) is 48.0 Å². The van der Waals surface area contributed by atoms with Crippen LogP contribution in [0.1, 0.15) is 18.9 Å². The lowest BCUT2D eigenvalue weighted by Crippen LogP contribution is -2.20. The van der Waals surface area contributed by atoms with Crippen molar-refractivity contribution in [2.45, 2.75) is 29.6 Å². The molecular weight excluding hydrogens is 384 g/mol. The van der Waals surface area contributed by atoms with Gasteiger partial charge in [0.1, 0.15) is 0 Å². The van der Waals surface area contributed by atoms with Crippen molar-refractivity contribution in [3.8, 4) is 0 Å². The Balaban J connectivity index is 1.67. The van der Waals surface area contributed by atoms with E-state index in [1.807, 2.05) is 25.1 Å². The fourth-order valence-electron chi connectivity index (χ4n) is 2.76. The number of amides is 2. The molecule has 0 fully saturated rings.